The Morgan fingerprint density at radius 2 is 1.83 bits per heavy atom. The molecule has 0 bridgehead atoms. The largest absolute Gasteiger partial charge is 0.446 e. The summed E-state index contributed by atoms with van der Waals surface area (Å²) >= 11 is 1.50. The zero-order valence-electron chi connectivity index (χ0n) is 20.3. The maximum atomic E-state index is 13.2. The lowest BCUT2D eigenvalue weighted by Crippen LogP contribution is -2.55. The number of para-hydroxylation sites is 1. The Kier molecular flexibility index (Phi) is 7.58. The highest BCUT2D eigenvalue weighted by Gasteiger charge is 2.32. The number of ether oxygens (including phenoxy) is 2. The van der Waals surface area contributed by atoms with Crippen LogP contribution in [0.15, 0.2) is 65.7 Å². The fraction of sp³-hybridized carbons (Fsp3) is 0.370. The van der Waals surface area contributed by atoms with Gasteiger partial charge in [-0.25, -0.2) is 4.79 Å². The third kappa shape index (κ3) is 5.57. The average Bonchev–Trinajstić information content (AvgIpc) is 2.92. The summed E-state index contributed by atoms with van der Waals surface area (Å²) < 4.78 is 14.3. The predicted octanol–water partition coefficient (Wildman–Crippen LogP) is 4.82. The third-order valence-electron chi connectivity index (χ3n) is 6.59. The van der Waals surface area contributed by atoms with Gasteiger partial charge in [-0.2, -0.15) is 0 Å². The molecule has 1 atom stereocenters. The lowest BCUT2D eigenvalue weighted by atomic mass is 10.1. The van der Waals surface area contributed by atoms with Crippen LogP contribution >= 0.6 is 11.9 Å². The number of rotatable bonds is 5. The zero-order chi connectivity index (χ0) is 24.9. The highest BCUT2D eigenvalue weighted by atomic mass is 32.2. The van der Waals surface area contributed by atoms with Gasteiger partial charge in [0.1, 0.15) is 6.10 Å². The van der Waals surface area contributed by atoms with E-state index in [0.717, 1.165) is 34.3 Å². The molecule has 2 saturated heterocycles. The second-order valence-electron chi connectivity index (χ2n) is 9.10. The van der Waals surface area contributed by atoms with Gasteiger partial charge in [0.05, 0.1) is 23.6 Å². The van der Waals surface area contributed by atoms with Crippen molar-refractivity contribution >= 4 is 40.5 Å². The second kappa shape index (κ2) is 11.2. The molecule has 1 N–H and O–H groups in total. The molecule has 0 aliphatic carbocycles. The summed E-state index contributed by atoms with van der Waals surface area (Å²) in [5.41, 5.74) is 2.48. The van der Waals surface area contributed by atoms with Crippen LogP contribution in [-0.2, 0) is 9.47 Å². The predicted molar refractivity (Wildman–Crippen MR) is 140 cm³/mol. The first kappa shape index (κ1) is 24.4. The third-order valence-corrected chi connectivity index (χ3v) is 7.48. The lowest BCUT2D eigenvalue weighted by molar-refractivity contribution is -0.0173. The van der Waals surface area contributed by atoms with E-state index in [1.807, 2.05) is 66.4 Å². The molecule has 2 aliphatic heterocycles. The van der Waals surface area contributed by atoms with Gasteiger partial charge in [0.25, 0.3) is 5.91 Å². The number of carbonyl (C=O) groups is 2. The monoisotopic (exact) mass is 506 g/mol. The number of fused-ring (bicyclic) bond motifs is 1. The maximum absolute atomic E-state index is 13.2. The normalized spacial score (nSPS) is 18.8. The molecule has 8 nitrogen and oxygen atoms in total. The number of piperazine rings is 1. The Balaban J connectivity index is 1.15. The van der Waals surface area contributed by atoms with Gasteiger partial charge in [0, 0.05) is 61.4 Å². The van der Waals surface area contributed by atoms with Crippen LogP contribution < -0.4 is 4.72 Å². The summed E-state index contributed by atoms with van der Waals surface area (Å²) in [7, 11) is 0. The summed E-state index contributed by atoms with van der Waals surface area (Å²) in [6.07, 6.45) is 2.89. The van der Waals surface area contributed by atoms with Crippen molar-refractivity contribution in [1.82, 2.24) is 14.8 Å². The highest BCUT2D eigenvalue weighted by Crippen LogP contribution is 2.28. The molecule has 0 radical (unpaired) electrons. The van der Waals surface area contributed by atoms with Gasteiger partial charge in [-0.3, -0.25) is 9.78 Å². The fourth-order valence-electron chi connectivity index (χ4n) is 4.56. The number of aromatic nitrogens is 1. The number of hydrogen-bond donors (Lipinski definition) is 1. The van der Waals surface area contributed by atoms with E-state index in [2.05, 4.69) is 9.71 Å². The molecule has 36 heavy (non-hydrogen) atoms. The van der Waals surface area contributed by atoms with Crippen molar-refractivity contribution in [2.45, 2.75) is 36.8 Å². The number of carbonyl (C=O) groups excluding carboxylic acids is 2. The molecule has 2 amide bonds. The summed E-state index contributed by atoms with van der Waals surface area (Å²) in [4.78, 5) is 34.8. The van der Waals surface area contributed by atoms with Gasteiger partial charge >= 0.3 is 6.09 Å². The van der Waals surface area contributed by atoms with E-state index in [1.165, 1.54) is 11.9 Å². The first-order valence-electron chi connectivity index (χ1n) is 12.3. The van der Waals surface area contributed by atoms with Crippen LogP contribution in [0, 0.1) is 0 Å². The van der Waals surface area contributed by atoms with Crippen molar-refractivity contribution in [1.29, 1.82) is 0 Å². The number of nitrogens with one attached hydrogen (secondary N) is 1. The Morgan fingerprint density at radius 1 is 1.06 bits per heavy atom. The molecule has 3 heterocycles. The second-order valence-corrected chi connectivity index (χ2v) is 9.95. The molecule has 1 unspecified atom stereocenters. The van der Waals surface area contributed by atoms with Gasteiger partial charge in [0.2, 0.25) is 0 Å². The highest BCUT2D eigenvalue weighted by molar-refractivity contribution is 8.00. The molecule has 9 heteroatoms. The number of amides is 2. The van der Waals surface area contributed by atoms with Crippen molar-refractivity contribution in [3.8, 4) is 0 Å². The van der Waals surface area contributed by atoms with Crippen molar-refractivity contribution in [3.05, 3.63) is 66.4 Å². The van der Waals surface area contributed by atoms with E-state index in [9.17, 15) is 9.59 Å². The molecular weight excluding hydrogens is 476 g/mol. The Hall–Kier alpha value is -3.30. The summed E-state index contributed by atoms with van der Waals surface area (Å²) in [5.74, 6) is -0.0302. The van der Waals surface area contributed by atoms with Crippen LogP contribution in [0.1, 0.15) is 30.1 Å². The van der Waals surface area contributed by atoms with Crippen LogP contribution in [-0.4, -0.2) is 71.8 Å². The summed E-state index contributed by atoms with van der Waals surface area (Å²) in [6, 6.07) is 17.5. The average molecular weight is 507 g/mol. The topological polar surface area (TPSA) is 84.0 Å². The van der Waals surface area contributed by atoms with Crippen LogP contribution in [0.25, 0.3) is 10.9 Å². The van der Waals surface area contributed by atoms with E-state index >= 15 is 0 Å². The van der Waals surface area contributed by atoms with Crippen LogP contribution in [0.5, 0.6) is 0 Å². The first-order chi connectivity index (χ1) is 17.6. The molecule has 1 aromatic heterocycles. The SMILES string of the molecule is CC1CN(C(=O)OC2CCOCC2)CCN1C(=O)c1ccc(NSc2cccc3cccnc23)cc1. The van der Waals surface area contributed by atoms with E-state index in [4.69, 9.17) is 9.47 Å². The van der Waals surface area contributed by atoms with E-state index in [1.54, 1.807) is 11.1 Å². The molecule has 2 aliphatic rings. The molecule has 0 spiro atoms. The van der Waals surface area contributed by atoms with Gasteiger partial charge in [-0.05, 0) is 55.3 Å². The Morgan fingerprint density at radius 3 is 2.61 bits per heavy atom. The molecule has 3 aromatic rings. The molecule has 0 saturated carbocycles. The smallest absolute Gasteiger partial charge is 0.410 e. The van der Waals surface area contributed by atoms with Gasteiger partial charge in [-0.15, -0.1) is 0 Å². The first-order valence-corrected chi connectivity index (χ1v) is 13.1. The minimum atomic E-state index is -0.296. The minimum Gasteiger partial charge on any atom is -0.446 e. The minimum absolute atomic E-state index is 0.0302. The number of benzene rings is 2. The Bertz CT molecular complexity index is 1210. The number of nitrogens with zero attached hydrogens (tertiary/aromatic N) is 3. The van der Waals surface area contributed by atoms with Gasteiger partial charge < -0.3 is 24.0 Å². The van der Waals surface area contributed by atoms with E-state index < -0.39 is 0 Å². The lowest BCUT2D eigenvalue weighted by Gasteiger charge is -2.40. The van der Waals surface area contributed by atoms with Crippen LogP contribution in [0.4, 0.5) is 10.5 Å². The standard InChI is InChI=1S/C27H30N4O4S/c1-19-18-30(27(33)35-23-11-16-34-17-12-23)14-15-31(19)26(32)21-7-9-22(10-8-21)29-36-24-6-2-4-20-5-3-13-28-25(20)24/h2-10,13,19,23,29H,11-12,14-18H2,1H3. The van der Waals surface area contributed by atoms with Crippen molar-refractivity contribution < 1.29 is 19.1 Å². The zero-order valence-corrected chi connectivity index (χ0v) is 21.1. The summed E-state index contributed by atoms with van der Waals surface area (Å²) in [5, 5.41) is 1.09. The number of hydrogen-bond acceptors (Lipinski definition) is 7. The Labute approximate surface area is 215 Å². The van der Waals surface area contributed by atoms with Gasteiger partial charge in [0.15, 0.2) is 0 Å². The fourth-order valence-corrected chi connectivity index (χ4v) is 5.33. The van der Waals surface area contributed by atoms with Crippen molar-refractivity contribution in [2.24, 2.45) is 0 Å². The molecule has 2 aromatic carbocycles. The maximum Gasteiger partial charge on any atom is 0.410 e. The molecule has 5 rings (SSSR count). The molecule has 2 fully saturated rings. The van der Waals surface area contributed by atoms with Crippen LogP contribution in [0.3, 0.4) is 0 Å². The van der Waals surface area contributed by atoms with Crippen LogP contribution in [0.2, 0.25) is 0 Å². The van der Waals surface area contributed by atoms with Crippen molar-refractivity contribution in [2.75, 3.05) is 37.6 Å². The quantitative estimate of drug-likeness (QED) is 0.497. The summed E-state index contributed by atoms with van der Waals surface area (Å²) in [6.45, 7) is 4.63. The van der Waals surface area contributed by atoms with E-state index in [-0.39, 0.29) is 24.1 Å². The molecular formula is C27H30N4O4S. The van der Waals surface area contributed by atoms with Crippen molar-refractivity contribution in [3.63, 3.8) is 0 Å². The van der Waals surface area contributed by atoms with Gasteiger partial charge in [-0.1, -0.05) is 18.2 Å². The number of pyridine rings is 1. The van der Waals surface area contributed by atoms with E-state index in [0.29, 0.717) is 38.4 Å². The molecule has 188 valence electrons. The number of anilines is 1.